The minimum Gasteiger partial charge on any atom is -0.443 e. The van der Waals surface area contributed by atoms with Crippen LogP contribution in [-0.2, 0) is 11.3 Å². The Morgan fingerprint density at radius 3 is 2.36 bits per heavy atom. The zero-order valence-corrected chi connectivity index (χ0v) is 16.1. The molecule has 28 heavy (non-hydrogen) atoms. The van der Waals surface area contributed by atoms with Crippen molar-refractivity contribution >= 4 is 23.7 Å². The molecule has 146 valence electrons. The number of fused-ring (bicyclic) bond motifs is 2. The number of carbonyl (C=O) groups excluding carboxylic acids is 3. The van der Waals surface area contributed by atoms with E-state index in [2.05, 4.69) is 5.10 Å². The molecule has 3 amide bonds. The van der Waals surface area contributed by atoms with Gasteiger partial charge in [-0.05, 0) is 32.9 Å². The molecule has 0 spiro atoms. The summed E-state index contributed by atoms with van der Waals surface area (Å²) in [5, 5.41) is 4.27. The van der Waals surface area contributed by atoms with E-state index in [9.17, 15) is 14.4 Å². The quantitative estimate of drug-likeness (QED) is 0.745. The standard InChI is InChI=1S/C20H22N4O4/c1-20(2,3)28-19(27)22-10-13(12-24-16(22)8-9-21-24)11-23-17(25)14-6-4-5-7-15(14)18(23)26/h4-9,13H,10-12H2,1-3H3. The molecule has 3 heterocycles. The molecule has 0 bridgehead atoms. The Bertz CT molecular complexity index is 924. The molecule has 0 radical (unpaired) electrons. The summed E-state index contributed by atoms with van der Waals surface area (Å²) in [5.41, 5.74) is 0.219. The number of ether oxygens (including phenoxy) is 1. The van der Waals surface area contributed by atoms with Gasteiger partial charge in [-0.15, -0.1) is 0 Å². The lowest BCUT2D eigenvalue weighted by Gasteiger charge is -2.35. The highest BCUT2D eigenvalue weighted by atomic mass is 16.6. The molecule has 8 heteroatoms. The number of carbonyl (C=O) groups is 3. The highest BCUT2D eigenvalue weighted by molar-refractivity contribution is 6.21. The number of rotatable bonds is 2. The summed E-state index contributed by atoms with van der Waals surface area (Å²) in [6.07, 6.45) is 1.15. The van der Waals surface area contributed by atoms with Gasteiger partial charge in [-0.3, -0.25) is 19.4 Å². The van der Waals surface area contributed by atoms with Gasteiger partial charge >= 0.3 is 6.09 Å². The molecule has 1 atom stereocenters. The zero-order valence-electron chi connectivity index (χ0n) is 16.1. The van der Waals surface area contributed by atoms with Crippen molar-refractivity contribution < 1.29 is 19.1 Å². The molecule has 0 fully saturated rings. The number of imide groups is 1. The number of hydrogen-bond acceptors (Lipinski definition) is 5. The Hall–Kier alpha value is -3.16. The molecular weight excluding hydrogens is 360 g/mol. The minimum absolute atomic E-state index is 0.151. The van der Waals surface area contributed by atoms with Crippen molar-refractivity contribution in [1.29, 1.82) is 0 Å². The van der Waals surface area contributed by atoms with Crippen molar-refractivity contribution in [2.75, 3.05) is 18.0 Å². The van der Waals surface area contributed by atoms with Crippen LogP contribution in [-0.4, -0.2) is 51.3 Å². The lowest BCUT2D eigenvalue weighted by molar-refractivity contribution is 0.0552. The van der Waals surface area contributed by atoms with Crippen LogP contribution in [0.25, 0.3) is 0 Å². The summed E-state index contributed by atoms with van der Waals surface area (Å²) < 4.78 is 7.22. The van der Waals surface area contributed by atoms with E-state index in [0.29, 0.717) is 30.0 Å². The summed E-state index contributed by atoms with van der Waals surface area (Å²) in [6, 6.07) is 8.56. The van der Waals surface area contributed by atoms with Crippen LogP contribution in [0.2, 0.25) is 0 Å². The van der Waals surface area contributed by atoms with Gasteiger partial charge in [-0.1, -0.05) is 12.1 Å². The number of anilines is 1. The second-order valence-electron chi connectivity index (χ2n) is 8.09. The number of benzene rings is 1. The predicted molar refractivity (Wildman–Crippen MR) is 101 cm³/mol. The molecular formula is C20H22N4O4. The smallest absolute Gasteiger partial charge is 0.416 e. The molecule has 8 nitrogen and oxygen atoms in total. The van der Waals surface area contributed by atoms with E-state index in [1.807, 2.05) is 20.8 Å². The fourth-order valence-electron chi connectivity index (χ4n) is 3.61. The Balaban J connectivity index is 1.55. The van der Waals surface area contributed by atoms with Gasteiger partial charge in [0.1, 0.15) is 11.4 Å². The molecule has 0 aliphatic carbocycles. The maximum absolute atomic E-state index is 12.7. The maximum atomic E-state index is 12.7. The molecule has 2 aromatic rings. The zero-order chi connectivity index (χ0) is 20.1. The molecule has 4 rings (SSSR count). The first kappa shape index (κ1) is 18.2. The van der Waals surface area contributed by atoms with Gasteiger partial charge < -0.3 is 4.74 Å². The Morgan fingerprint density at radius 1 is 1.11 bits per heavy atom. The van der Waals surface area contributed by atoms with Gasteiger partial charge in [0.15, 0.2) is 0 Å². The van der Waals surface area contributed by atoms with E-state index in [0.717, 1.165) is 0 Å². The Kier molecular flexibility index (Phi) is 4.21. The lowest BCUT2D eigenvalue weighted by atomic mass is 10.1. The molecule has 1 unspecified atom stereocenters. The van der Waals surface area contributed by atoms with E-state index >= 15 is 0 Å². The number of nitrogens with zero attached hydrogens (tertiary/aromatic N) is 4. The topological polar surface area (TPSA) is 84.7 Å². The van der Waals surface area contributed by atoms with E-state index < -0.39 is 11.7 Å². The van der Waals surface area contributed by atoms with Crippen LogP contribution in [0.5, 0.6) is 0 Å². The van der Waals surface area contributed by atoms with Gasteiger partial charge in [0.25, 0.3) is 11.8 Å². The van der Waals surface area contributed by atoms with Gasteiger partial charge in [0, 0.05) is 31.6 Å². The second kappa shape index (κ2) is 6.47. The van der Waals surface area contributed by atoms with Crippen molar-refractivity contribution in [2.24, 2.45) is 5.92 Å². The molecule has 0 saturated heterocycles. The third-order valence-electron chi connectivity index (χ3n) is 4.78. The van der Waals surface area contributed by atoms with Gasteiger partial charge in [-0.2, -0.15) is 5.10 Å². The molecule has 2 aliphatic heterocycles. The molecule has 0 N–H and O–H groups in total. The van der Waals surface area contributed by atoms with E-state index in [1.165, 1.54) is 9.80 Å². The Morgan fingerprint density at radius 2 is 1.75 bits per heavy atom. The fourth-order valence-corrected chi connectivity index (χ4v) is 3.61. The summed E-state index contributed by atoms with van der Waals surface area (Å²) >= 11 is 0. The average Bonchev–Trinajstić information content (AvgIpc) is 3.19. The predicted octanol–water partition coefficient (Wildman–Crippen LogP) is 2.55. The summed E-state index contributed by atoms with van der Waals surface area (Å²) in [4.78, 5) is 40.8. The molecule has 1 aromatic heterocycles. The van der Waals surface area contributed by atoms with Gasteiger partial charge in [-0.25, -0.2) is 9.48 Å². The molecule has 1 aromatic carbocycles. The fraction of sp³-hybridized carbons (Fsp3) is 0.400. The van der Waals surface area contributed by atoms with E-state index in [4.69, 9.17) is 4.74 Å². The van der Waals surface area contributed by atoms with Crippen LogP contribution >= 0.6 is 0 Å². The van der Waals surface area contributed by atoms with Crippen molar-refractivity contribution in [2.45, 2.75) is 32.9 Å². The van der Waals surface area contributed by atoms with Crippen LogP contribution in [0, 0.1) is 5.92 Å². The SMILES string of the molecule is CC(C)(C)OC(=O)N1CC(CN2C(=O)c3ccccc3C2=O)Cn2nccc21. The number of hydrogen-bond donors (Lipinski definition) is 0. The summed E-state index contributed by atoms with van der Waals surface area (Å²) in [5.74, 6) is -0.0960. The van der Waals surface area contributed by atoms with Crippen LogP contribution in [0.15, 0.2) is 36.5 Å². The third kappa shape index (κ3) is 3.15. The maximum Gasteiger partial charge on any atom is 0.416 e. The van der Waals surface area contributed by atoms with Crippen molar-refractivity contribution in [1.82, 2.24) is 14.7 Å². The van der Waals surface area contributed by atoms with Crippen molar-refractivity contribution in [3.8, 4) is 0 Å². The third-order valence-corrected chi connectivity index (χ3v) is 4.78. The van der Waals surface area contributed by atoms with Crippen LogP contribution in [0.1, 0.15) is 41.5 Å². The Labute approximate surface area is 162 Å². The first-order valence-corrected chi connectivity index (χ1v) is 9.22. The summed E-state index contributed by atoms with van der Waals surface area (Å²) in [6.45, 7) is 6.49. The van der Waals surface area contributed by atoms with Crippen molar-refractivity contribution in [3.05, 3.63) is 47.7 Å². The highest BCUT2D eigenvalue weighted by Crippen LogP contribution is 2.28. The van der Waals surface area contributed by atoms with Crippen LogP contribution in [0.4, 0.5) is 10.6 Å². The summed E-state index contributed by atoms with van der Waals surface area (Å²) in [7, 11) is 0. The number of amides is 3. The first-order valence-electron chi connectivity index (χ1n) is 9.22. The normalized spacial score (nSPS) is 18.9. The van der Waals surface area contributed by atoms with Gasteiger partial charge in [0.2, 0.25) is 0 Å². The second-order valence-corrected chi connectivity index (χ2v) is 8.09. The lowest BCUT2D eigenvalue weighted by Crippen LogP contribution is -2.48. The van der Waals surface area contributed by atoms with Crippen LogP contribution in [0.3, 0.4) is 0 Å². The van der Waals surface area contributed by atoms with Gasteiger partial charge in [0.05, 0.1) is 17.3 Å². The first-order chi connectivity index (χ1) is 13.2. The van der Waals surface area contributed by atoms with E-state index in [1.54, 1.807) is 41.2 Å². The highest BCUT2D eigenvalue weighted by Gasteiger charge is 2.39. The van der Waals surface area contributed by atoms with Crippen LogP contribution < -0.4 is 4.90 Å². The molecule has 0 saturated carbocycles. The molecule has 2 aliphatic rings. The largest absolute Gasteiger partial charge is 0.443 e. The monoisotopic (exact) mass is 382 g/mol. The average molecular weight is 382 g/mol. The minimum atomic E-state index is -0.628. The number of aromatic nitrogens is 2. The van der Waals surface area contributed by atoms with E-state index in [-0.39, 0.29) is 24.3 Å². The van der Waals surface area contributed by atoms with Crippen molar-refractivity contribution in [3.63, 3.8) is 0 Å².